The summed E-state index contributed by atoms with van der Waals surface area (Å²) in [4.78, 5) is 12.6. The summed E-state index contributed by atoms with van der Waals surface area (Å²) in [6.45, 7) is 1.75. The molecule has 3 aromatic rings. The normalized spacial score (nSPS) is 11.1. The van der Waals surface area contributed by atoms with Crippen LogP contribution in [0.1, 0.15) is 11.1 Å². The smallest absolute Gasteiger partial charge is 0.264 e. The van der Waals surface area contributed by atoms with Crippen LogP contribution in [0.15, 0.2) is 77.7 Å². The number of carbonyl (C=O) groups is 1. The van der Waals surface area contributed by atoms with Crippen molar-refractivity contribution in [3.05, 3.63) is 89.7 Å². The molecule has 3 rings (SSSR count). The van der Waals surface area contributed by atoms with Crippen LogP contribution in [0.5, 0.6) is 5.75 Å². The zero-order valence-corrected chi connectivity index (χ0v) is 18.0. The summed E-state index contributed by atoms with van der Waals surface area (Å²) in [5, 5.41) is 2.75. The van der Waals surface area contributed by atoms with Gasteiger partial charge in [0.05, 0.1) is 17.7 Å². The SMILES string of the molecule is COc1ccc(S(=O)(=O)N(CC(=O)NCc2ccccc2C)c2ccc(F)cc2)cc1. The third-order valence-electron chi connectivity index (χ3n) is 4.79. The number of aryl methyl sites for hydroxylation is 1. The van der Waals surface area contributed by atoms with Crippen LogP contribution >= 0.6 is 0 Å². The number of anilines is 1. The van der Waals surface area contributed by atoms with E-state index in [0.29, 0.717) is 5.75 Å². The van der Waals surface area contributed by atoms with Crippen molar-refractivity contribution in [2.45, 2.75) is 18.4 Å². The summed E-state index contributed by atoms with van der Waals surface area (Å²) in [5.74, 6) is -0.484. The van der Waals surface area contributed by atoms with Crippen LogP contribution in [-0.4, -0.2) is 28.0 Å². The maximum atomic E-state index is 13.4. The summed E-state index contributed by atoms with van der Waals surface area (Å²) < 4.78 is 46.0. The molecule has 162 valence electrons. The molecular weight excluding hydrogens is 419 g/mol. The lowest BCUT2D eigenvalue weighted by molar-refractivity contribution is -0.119. The van der Waals surface area contributed by atoms with Crippen molar-refractivity contribution >= 4 is 21.6 Å². The Labute approximate surface area is 181 Å². The number of carbonyl (C=O) groups excluding carboxylic acids is 1. The van der Waals surface area contributed by atoms with E-state index < -0.39 is 28.3 Å². The molecule has 0 fully saturated rings. The van der Waals surface area contributed by atoms with E-state index in [2.05, 4.69) is 5.32 Å². The standard InChI is InChI=1S/C23H23FN2O4S/c1-17-5-3-4-6-18(17)15-25-23(27)16-26(20-9-7-19(24)8-10-20)31(28,29)22-13-11-21(30-2)12-14-22/h3-14H,15-16H2,1-2H3,(H,25,27). The molecule has 0 spiro atoms. The number of sulfonamides is 1. The van der Waals surface area contributed by atoms with E-state index in [1.165, 1.54) is 43.5 Å². The van der Waals surface area contributed by atoms with Crippen LogP contribution in [0.25, 0.3) is 0 Å². The first-order valence-electron chi connectivity index (χ1n) is 9.55. The largest absolute Gasteiger partial charge is 0.497 e. The van der Waals surface area contributed by atoms with E-state index in [-0.39, 0.29) is 17.1 Å². The van der Waals surface area contributed by atoms with Crippen molar-refractivity contribution in [1.82, 2.24) is 5.32 Å². The van der Waals surface area contributed by atoms with Crippen LogP contribution in [0.2, 0.25) is 0 Å². The van der Waals surface area contributed by atoms with Gasteiger partial charge in [-0.2, -0.15) is 0 Å². The minimum absolute atomic E-state index is 0.00988. The number of hydrogen-bond donors (Lipinski definition) is 1. The second-order valence-electron chi connectivity index (χ2n) is 6.87. The fourth-order valence-corrected chi connectivity index (χ4v) is 4.41. The molecule has 0 aliphatic rings. The van der Waals surface area contributed by atoms with Crippen LogP contribution in [0.4, 0.5) is 10.1 Å². The highest BCUT2D eigenvalue weighted by atomic mass is 32.2. The number of nitrogens with zero attached hydrogens (tertiary/aromatic N) is 1. The molecule has 0 bridgehead atoms. The lowest BCUT2D eigenvalue weighted by atomic mass is 10.1. The summed E-state index contributed by atoms with van der Waals surface area (Å²) in [6.07, 6.45) is 0. The Morgan fingerprint density at radius 3 is 2.26 bits per heavy atom. The van der Waals surface area contributed by atoms with E-state index in [9.17, 15) is 17.6 Å². The fourth-order valence-electron chi connectivity index (χ4n) is 2.99. The minimum Gasteiger partial charge on any atom is -0.497 e. The number of rotatable bonds is 8. The molecule has 6 nitrogen and oxygen atoms in total. The van der Waals surface area contributed by atoms with Crippen molar-refractivity contribution < 1.29 is 22.3 Å². The predicted octanol–water partition coefficient (Wildman–Crippen LogP) is 3.65. The molecule has 0 aromatic heterocycles. The first-order chi connectivity index (χ1) is 14.8. The number of nitrogens with one attached hydrogen (secondary N) is 1. The van der Waals surface area contributed by atoms with Gasteiger partial charge in [0, 0.05) is 6.54 Å². The van der Waals surface area contributed by atoms with E-state index >= 15 is 0 Å². The summed E-state index contributed by atoms with van der Waals surface area (Å²) in [5.41, 5.74) is 2.13. The third-order valence-corrected chi connectivity index (χ3v) is 6.57. The van der Waals surface area contributed by atoms with Gasteiger partial charge in [-0.3, -0.25) is 9.10 Å². The molecule has 3 aromatic carbocycles. The zero-order chi connectivity index (χ0) is 22.4. The number of ether oxygens (including phenoxy) is 1. The van der Waals surface area contributed by atoms with E-state index in [4.69, 9.17) is 4.74 Å². The number of halogens is 1. The number of amides is 1. The summed E-state index contributed by atoms with van der Waals surface area (Å²) >= 11 is 0. The molecule has 0 radical (unpaired) electrons. The van der Waals surface area contributed by atoms with Crippen LogP contribution < -0.4 is 14.4 Å². The molecule has 0 aliphatic carbocycles. The van der Waals surface area contributed by atoms with Gasteiger partial charge >= 0.3 is 0 Å². The molecule has 1 N–H and O–H groups in total. The van der Waals surface area contributed by atoms with Crippen molar-refractivity contribution in [2.24, 2.45) is 0 Å². The molecule has 0 unspecified atom stereocenters. The van der Waals surface area contributed by atoms with Gasteiger partial charge in [0.25, 0.3) is 10.0 Å². The molecule has 0 heterocycles. The highest BCUT2D eigenvalue weighted by molar-refractivity contribution is 7.92. The van der Waals surface area contributed by atoms with Crippen LogP contribution in [0.3, 0.4) is 0 Å². The summed E-state index contributed by atoms with van der Waals surface area (Å²) in [6, 6.07) is 18.4. The molecule has 0 saturated heterocycles. The first kappa shape index (κ1) is 22.3. The van der Waals surface area contributed by atoms with E-state index in [1.807, 2.05) is 31.2 Å². The van der Waals surface area contributed by atoms with E-state index in [0.717, 1.165) is 27.6 Å². The number of benzene rings is 3. The molecule has 0 aliphatic heterocycles. The topological polar surface area (TPSA) is 75.7 Å². The summed E-state index contributed by atoms with van der Waals surface area (Å²) in [7, 11) is -2.60. The quantitative estimate of drug-likeness (QED) is 0.578. The van der Waals surface area contributed by atoms with Gasteiger partial charge in [0.2, 0.25) is 5.91 Å². The Hall–Kier alpha value is -3.39. The minimum atomic E-state index is -4.08. The van der Waals surface area contributed by atoms with E-state index in [1.54, 1.807) is 0 Å². The monoisotopic (exact) mass is 442 g/mol. The maximum Gasteiger partial charge on any atom is 0.264 e. The van der Waals surface area contributed by atoms with Gasteiger partial charge in [-0.1, -0.05) is 24.3 Å². The second-order valence-corrected chi connectivity index (χ2v) is 8.73. The molecule has 8 heteroatoms. The number of hydrogen-bond acceptors (Lipinski definition) is 4. The van der Waals surface area contributed by atoms with Gasteiger partial charge in [0.15, 0.2) is 0 Å². The zero-order valence-electron chi connectivity index (χ0n) is 17.2. The predicted molar refractivity (Wildman–Crippen MR) is 117 cm³/mol. The van der Waals surface area contributed by atoms with Crippen molar-refractivity contribution in [3.63, 3.8) is 0 Å². The Bertz CT molecular complexity index is 1150. The lowest BCUT2D eigenvalue weighted by Crippen LogP contribution is -2.40. The molecule has 1 amide bonds. The highest BCUT2D eigenvalue weighted by Gasteiger charge is 2.27. The van der Waals surface area contributed by atoms with Gasteiger partial charge < -0.3 is 10.1 Å². The average Bonchev–Trinajstić information content (AvgIpc) is 2.77. The van der Waals surface area contributed by atoms with Gasteiger partial charge in [-0.25, -0.2) is 12.8 Å². The van der Waals surface area contributed by atoms with Crippen molar-refractivity contribution in [3.8, 4) is 5.75 Å². The van der Waals surface area contributed by atoms with Gasteiger partial charge in [-0.15, -0.1) is 0 Å². The third kappa shape index (κ3) is 5.40. The second kappa shape index (κ2) is 9.61. The lowest BCUT2D eigenvalue weighted by Gasteiger charge is -2.24. The molecular formula is C23H23FN2O4S. The van der Waals surface area contributed by atoms with Gasteiger partial charge in [0.1, 0.15) is 18.1 Å². The maximum absolute atomic E-state index is 13.4. The Kier molecular flexibility index (Phi) is 6.91. The average molecular weight is 443 g/mol. The Morgan fingerprint density at radius 2 is 1.65 bits per heavy atom. The Balaban J connectivity index is 1.86. The van der Waals surface area contributed by atoms with Crippen molar-refractivity contribution in [2.75, 3.05) is 18.0 Å². The van der Waals surface area contributed by atoms with Gasteiger partial charge in [-0.05, 0) is 66.6 Å². The molecule has 0 atom stereocenters. The van der Waals surface area contributed by atoms with Crippen molar-refractivity contribution in [1.29, 1.82) is 0 Å². The van der Waals surface area contributed by atoms with Crippen LogP contribution in [-0.2, 0) is 21.4 Å². The highest BCUT2D eigenvalue weighted by Crippen LogP contribution is 2.25. The Morgan fingerprint density at radius 1 is 1.00 bits per heavy atom. The van der Waals surface area contributed by atoms with Crippen LogP contribution in [0, 0.1) is 12.7 Å². The molecule has 31 heavy (non-hydrogen) atoms. The fraction of sp³-hybridized carbons (Fsp3) is 0.174. The number of methoxy groups -OCH3 is 1. The molecule has 0 saturated carbocycles. The first-order valence-corrected chi connectivity index (χ1v) is 11.0.